The van der Waals surface area contributed by atoms with E-state index >= 15 is 0 Å². The van der Waals surface area contributed by atoms with Crippen molar-refractivity contribution < 1.29 is 9.59 Å². The number of halogens is 1. The van der Waals surface area contributed by atoms with Gasteiger partial charge in [-0.15, -0.1) is 11.3 Å². The quantitative estimate of drug-likeness (QED) is 0.886. The lowest BCUT2D eigenvalue weighted by atomic mass is 10.2. The molecule has 1 unspecified atom stereocenters. The molecule has 0 aliphatic heterocycles. The maximum atomic E-state index is 12.0. The van der Waals surface area contributed by atoms with Gasteiger partial charge in [0.05, 0.1) is 4.88 Å². The Balaban J connectivity index is 1.92. The van der Waals surface area contributed by atoms with Gasteiger partial charge in [-0.3, -0.25) is 9.59 Å². The van der Waals surface area contributed by atoms with Crippen LogP contribution in [0.5, 0.6) is 0 Å². The number of amides is 2. The number of hydrogen-bond acceptors (Lipinski definition) is 3. The highest BCUT2D eigenvalue weighted by Crippen LogP contribution is 2.14. The van der Waals surface area contributed by atoms with Crippen molar-refractivity contribution in [2.24, 2.45) is 0 Å². The zero-order valence-electron chi connectivity index (χ0n) is 10.7. The average Bonchev–Trinajstić information content (AvgIpc) is 2.95. The summed E-state index contributed by atoms with van der Waals surface area (Å²) in [5.74, 6) is -0.490. The zero-order chi connectivity index (χ0) is 14.5. The third-order valence-corrected chi connectivity index (χ3v) is 3.99. The highest BCUT2D eigenvalue weighted by Gasteiger charge is 2.17. The van der Waals surface area contributed by atoms with E-state index in [1.165, 1.54) is 11.3 Å². The lowest BCUT2D eigenvalue weighted by molar-refractivity contribution is -0.117. The van der Waals surface area contributed by atoms with Crippen molar-refractivity contribution in [1.29, 1.82) is 0 Å². The van der Waals surface area contributed by atoms with Gasteiger partial charge in [0.1, 0.15) is 6.04 Å². The van der Waals surface area contributed by atoms with Gasteiger partial charge < -0.3 is 10.6 Å². The molecule has 2 amide bonds. The zero-order valence-corrected chi connectivity index (χ0v) is 13.1. The molecule has 1 atom stereocenters. The minimum Gasteiger partial charge on any atom is -0.340 e. The summed E-state index contributed by atoms with van der Waals surface area (Å²) in [6.45, 7) is 1.65. The molecule has 0 bridgehead atoms. The molecular formula is C14H13BrN2O2S. The van der Waals surface area contributed by atoms with E-state index in [0.29, 0.717) is 10.6 Å². The van der Waals surface area contributed by atoms with Gasteiger partial charge in [0.15, 0.2) is 0 Å². The topological polar surface area (TPSA) is 58.2 Å². The van der Waals surface area contributed by atoms with E-state index in [1.54, 1.807) is 31.2 Å². The van der Waals surface area contributed by atoms with Crippen LogP contribution in [0.15, 0.2) is 46.3 Å². The number of rotatable bonds is 4. The average molecular weight is 353 g/mol. The summed E-state index contributed by atoms with van der Waals surface area (Å²) in [5.41, 5.74) is 0.690. The first-order chi connectivity index (χ1) is 9.56. The van der Waals surface area contributed by atoms with Crippen molar-refractivity contribution >= 4 is 44.8 Å². The molecule has 1 aromatic heterocycles. The minimum atomic E-state index is -0.603. The molecule has 1 aromatic carbocycles. The van der Waals surface area contributed by atoms with Crippen molar-refractivity contribution in [1.82, 2.24) is 5.32 Å². The van der Waals surface area contributed by atoms with E-state index < -0.39 is 6.04 Å². The Hall–Kier alpha value is -1.66. The van der Waals surface area contributed by atoms with Crippen LogP contribution in [-0.2, 0) is 4.79 Å². The van der Waals surface area contributed by atoms with Crippen molar-refractivity contribution in [3.8, 4) is 0 Å². The Morgan fingerprint density at radius 3 is 2.50 bits per heavy atom. The van der Waals surface area contributed by atoms with Crippen molar-refractivity contribution in [3.63, 3.8) is 0 Å². The molecule has 6 heteroatoms. The number of anilines is 1. The van der Waals surface area contributed by atoms with E-state index in [4.69, 9.17) is 0 Å². The molecule has 4 nitrogen and oxygen atoms in total. The molecule has 2 rings (SSSR count). The van der Waals surface area contributed by atoms with E-state index in [1.807, 2.05) is 17.5 Å². The molecule has 104 valence electrons. The summed E-state index contributed by atoms with van der Waals surface area (Å²) in [7, 11) is 0. The first-order valence-electron chi connectivity index (χ1n) is 5.97. The van der Waals surface area contributed by atoms with Gasteiger partial charge in [-0.1, -0.05) is 22.0 Å². The summed E-state index contributed by atoms with van der Waals surface area (Å²) in [4.78, 5) is 24.4. The SMILES string of the molecule is CC(NC(=O)c1cccs1)C(=O)Nc1ccc(Br)cc1. The first kappa shape index (κ1) is 14.7. The number of nitrogens with one attached hydrogen (secondary N) is 2. The van der Waals surface area contributed by atoms with Crippen LogP contribution < -0.4 is 10.6 Å². The molecule has 2 aromatic rings. The van der Waals surface area contributed by atoms with Crippen LogP contribution in [0, 0.1) is 0 Å². The molecule has 0 fully saturated rings. The molecule has 0 saturated carbocycles. The van der Waals surface area contributed by atoms with Crippen molar-refractivity contribution in [2.75, 3.05) is 5.32 Å². The van der Waals surface area contributed by atoms with Crippen LogP contribution in [0.25, 0.3) is 0 Å². The second-order valence-electron chi connectivity index (χ2n) is 4.17. The molecule has 0 radical (unpaired) electrons. The number of carbonyl (C=O) groups excluding carboxylic acids is 2. The van der Waals surface area contributed by atoms with Crippen LogP contribution in [0.2, 0.25) is 0 Å². The predicted octanol–water partition coefficient (Wildman–Crippen LogP) is 3.27. The molecule has 20 heavy (non-hydrogen) atoms. The lowest BCUT2D eigenvalue weighted by Crippen LogP contribution is -2.41. The van der Waals surface area contributed by atoms with Crippen LogP contribution in [0.3, 0.4) is 0 Å². The molecule has 0 saturated heterocycles. The fraction of sp³-hybridized carbons (Fsp3) is 0.143. The van der Waals surface area contributed by atoms with E-state index in [2.05, 4.69) is 26.6 Å². The summed E-state index contributed by atoms with van der Waals surface area (Å²) < 4.78 is 0.939. The second-order valence-corrected chi connectivity index (χ2v) is 6.03. The van der Waals surface area contributed by atoms with E-state index in [-0.39, 0.29) is 11.8 Å². The van der Waals surface area contributed by atoms with Crippen LogP contribution >= 0.6 is 27.3 Å². The third kappa shape index (κ3) is 3.91. The van der Waals surface area contributed by atoms with E-state index in [9.17, 15) is 9.59 Å². The summed E-state index contributed by atoms with van der Waals surface area (Å²) in [6, 6.07) is 10.2. The van der Waals surface area contributed by atoms with Gasteiger partial charge in [-0.05, 0) is 42.6 Å². The monoisotopic (exact) mass is 352 g/mol. The maximum Gasteiger partial charge on any atom is 0.261 e. The van der Waals surface area contributed by atoms with Crippen molar-refractivity contribution in [3.05, 3.63) is 51.1 Å². The Morgan fingerprint density at radius 2 is 1.90 bits per heavy atom. The van der Waals surface area contributed by atoms with Crippen LogP contribution in [-0.4, -0.2) is 17.9 Å². The Bertz CT molecular complexity index is 596. The Kier molecular flexibility index (Phi) is 4.92. The highest BCUT2D eigenvalue weighted by atomic mass is 79.9. The molecular weight excluding hydrogens is 340 g/mol. The number of hydrogen-bond donors (Lipinski definition) is 2. The molecule has 2 N–H and O–H groups in total. The van der Waals surface area contributed by atoms with Gasteiger partial charge in [-0.2, -0.15) is 0 Å². The molecule has 0 aliphatic carbocycles. The summed E-state index contributed by atoms with van der Waals surface area (Å²) in [6.07, 6.45) is 0. The Morgan fingerprint density at radius 1 is 1.20 bits per heavy atom. The van der Waals surface area contributed by atoms with E-state index in [0.717, 1.165) is 4.47 Å². The predicted molar refractivity (Wildman–Crippen MR) is 84.0 cm³/mol. The normalized spacial score (nSPS) is 11.7. The van der Waals surface area contributed by atoms with Crippen LogP contribution in [0.1, 0.15) is 16.6 Å². The second kappa shape index (κ2) is 6.67. The molecule has 0 spiro atoms. The smallest absolute Gasteiger partial charge is 0.261 e. The van der Waals surface area contributed by atoms with Gasteiger partial charge in [-0.25, -0.2) is 0 Å². The van der Waals surface area contributed by atoms with Crippen molar-refractivity contribution in [2.45, 2.75) is 13.0 Å². The van der Waals surface area contributed by atoms with Gasteiger partial charge in [0.25, 0.3) is 5.91 Å². The molecule has 0 aliphatic rings. The summed E-state index contributed by atoms with van der Waals surface area (Å²) >= 11 is 4.67. The molecule has 1 heterocycles. The number of carbonyl (C=O) groups is 2. The third-order valence-electron chi connectivity index (χ3n) is 2.60. The standard InChI is InChI=1S/C14H13BrN2O2S/c1-9(16-14(19)12-3-2-8-20-12)13(18)17-11-6-4-10(15)5-7-11/h2-9H,1H3,(H,16,19)(H,17,18). The maximum absolute atomic E-state index is 12.0. The van der Waals surface area contributed by atoms with Crippen LogP contribution in [0.4, 0.5) is 5.69 Å². The fourth-order valence-corrected chi connectivity index (χ4v) is 2.42. The van der Waals surface area contributed by atoms with Gasteiger partial charge in [0, 0.05) is 10.2 Å². The minimum absolute atomic E-state index is 0.238. The number of benzene rings is 1. The largest absolute Gasteiger partial charge is 0.340 e. The first-order valence-corrected chi connectivity index (χ1v) is 7.64. The Labute approximate surface area is 129 Å². The number of thiophene rings is 1. The summed E-state index contributed by atoms with van der Waals surface area (Å²) in [5, 5.41) is 7.23. The van der Waals surface area contributed by atoms with Gasteiger partial charge >= 0.3 is 0 Å². The fourth-order valence-electron chi connectivity index (χ4n) is 1.52. The van der Waals surface area contributed by atoms with Gasteiger partial charge in [0.2, 0.25) is 5.91 Å². The lowest BCUT2D eigenvalue weighted by Gasteiger charge is -2.13. The highest BCUT2D eigenvalue weighted by molar-refractivity contribution is 9.10.